The Bertz CT molecular complexity index is 404. The summed E-state index contributed by atoms with van der Waals surface area (Å²) in [5.74, 6) is 0.721. The van der Waals surface area contributed by atoms with Crippen LogP contribution in [-0.2, 0) is 9.53 Å². The van der Waals surface area contributed by atoms with Gasteiger partial charge < -0.3 is 15.4 Å². The number of anilines is 1. The predicted molar refractivity (Wildman–Crippen MR) is 72.9 cm³/mol. The number of pyridine rings is 1. The Morgan fingerprint density at radius 2 is 2.16 bits per heavy atom. The third kappa shape index (κ3) is 3.21. The van der Waals surface area contributed by atoms with E-state index < -0.39 is 0 Å². The molecule has 6 heteroatoms. The molecule has 1 saturated heterocycles. The van der Waals surface area contributed by atoms with Crippen LogP contribution in [0.1, 0.15) is 0 Å². The average molecular weight is 264 g/mol. The number of nitrogens with zero attached hydrogens (tertiary/aromatic N) is 3. The molecule has 2 rings (SSSR count). The maximum atomic E-state index is 11.6. The lowest BCUT2D eigenvalue weighted by atomic mass is 10.2. The maximum absolute atomic E-state index is 11.6. The van der Waals surface area contributed by atoms with Crippen LogP contribution in [0.2, 0.25) is 0 Å². The topological polar surface area (TPSA) is 71.7 Å². The molecule has 1 aliphatic heterocycles. The molecule has 1 fully saturated rings. The van der Waals surface area contributed by atoms with Crippen molar-refractivity contribution < 1.29 is 9.53 Å². The number of ether oxygens (including phenoxy) is 1. The van der Waals surface area contributed by atoms with Crippen LogP contribution >= 0.6 is 0 Å². The van der Waals surface area contributed by atoms with Crippen molar-refractivity contribution in [3.05, 3.63) is 24.4 Å². The zero-order valence-electron chi connectivity index (χ0n) is 11.2. The monoisotopic (exact) mass is 264 g/mol. The third-order valence-corrected chi connectivity index (χ3v) is 3.42. The van der Waals surface area contributed by atoms with Gasteiger partial charge in [0.15, 0.2) is 0 Å². The van der Waals surface area contributed by atoms with Gasteiger partial charge in [0.1, 0.15) is 11.9 Å². The highest BCUT2D eigenvalue weighted by atomic mass is 16.5. The first-order valence-corrected chi connectivity index (χ1v) is 6.44. The number of hydrogen-bond donors (Lipinski definition) is 1. The standard InChI is InChI=1S/C13H20N4O2/c1-19-13(18)11(10-14)16-6-8-17(9-7-16)12-4-2-3-5-15-12/h2-5,11H,6-10,14H2,1H3. The summed E-state index contributed by atoms with van der Waals surface area (Å²) in [7, 11) is 1.40. The van der Waals surface area contributed by atoms with Crippen LogP contribution in [0.4, 0.5) is 5.82 Å². The first kappa shape index (κ1) is 13.8. The highest BCUT2D eigenvalue weighted by molar-refractivity contribution is 5.76. The summed E-state index contributed by atoms with van der Waals surface area (Å²) in [6, 6.07) is 5.54. The average Bonchev–Trinajstić information content (AvgIpc) is 2.49. The highest BCUT2D eigenvalue weighted by Crippen LogP contribution is 2.14. The van der Waals surface area contributed by atoms with Crippen molar-refractivity contribution in [3.8, 4) is 0 Å². The van der Waals surface area contributed by atoms with Gasteiger partial charge in [-0.25, -0.2) is 4.98 Å². The normalized spacial score (nSPS) is 18.1. The fraction of sp³-hybridized carbons (Fsp3) is 0.538. The fourth-order valence-electron chi connectivity index (χ4n) is 2.33. The molecule has 1 aromatic heterocycles. The molecule has 1 aromatic rings. The number of carbonyl (C=O) groups is 1. The van der Waals surface area contributed by atoms with E-state index in [2.05, 4.69) is 14.8 Å². The smallest absolute Gasteiger partial charge is 0.324 e. The molecule has 0 aromatic carbocycles. The van der Waals surface area contributed by atoms with Crippen molar-refractivity contribution in [1.82, 2.24) is 9.88 Å². The van der Waals surface area contributed by atoms with Crippen LogP contribution in [0.5, 0.6) is 0 Å². The zero-order valence-corrected chi connectivity index (χ0v) is 11.2. The second-order valence-electron chi connectivity index (χ2n) is 4.49. The van der Waals surface area contributed by atoms with E-state index >= 15 is 0 Å². The number of esters is 1. The van der Waals surface area contributed by atoms with Gasteiger partial charge in [-0.3, -0.25) is 9.69 Å². The number of nitrogens with two attached hydrogens (primary N) is 1. The van der Waals surface area contributed by atoms with Crippen molar-refractivity contribution in [3.63, 3.8) is 0 Å². The van der Waals surface area contributed by atoms with Gasteiger partial charge in [-0.15, -0.1) is 0 Å². The van der Waals surface area contributed by atoms with Crippen LogP contribution in [0, 0.1) is 0 Å². The van der Waals surface area contributed by atoms with Crippen LogP contribution in [0.25, 0.3) is 0 Å². The molecule has 1 unspecified atom stereocenters. The summed E-state index contributed by atoms with van der Waals surface area (Å²) >= 11 is 0. The van der Waals surface area contributed by atoms with Gasteiger partial charge in [-0.1, -0.05) is 6.07 Å². The number of carbonyl (C=O) groups excluding carboxylic acids is 1. The van der Waals surface area contributed by atoms with Crippen molar-refractivity contribution in [2.24, 2.45) is 5.73 Å². The van der Waals surface area contributed by atoms with E-state index in [1.807, 2.05) is 18.2 Å². The van der Waals surface area contributed by atoms with Crippen LogP contribution in [0.15, 0.2) is 24.4 Å². The van der Waals surface area contributed by atoms with E-state index in [4.69, 9.17) is 10.5 Å². The Hall–Kier alpha value is -1.66. The second-order valence-corrected chi connectivity index (χ2v) is 4.49. The highest BCUT2D eigenvalue weighted by Gasteiger charge is 2.28. The fourth-order valence-corrected chi connectivity index (χ4v) is 2.33. The van der Waals surface area contributed by atoms with Crippen molar-refractivity contribution in [1.29, 1.82) is 0 Å². The Kier molecular flexibility index (Phi) is 4.70. The molecule has 19 heavy (non-hydrogen) atoms. The minimum Gasteiger partial charge on any atom is -0.468 e. The van der Waals surface area contributed by atoms with Crippen LogP contribution in [-0.4, -0.2) is 61.7 Å². The second kappa shape index (κ2) is 6.49. The summed E-state index contributed by atoms with van der Waals surface area (Å²) in [6.07, 6.45) is 1.79. The number of aromatic nitrogens is 1. The lowest BCUT2D eigenvalue weighted by molar-refractivity contribution is -0.146. The molecule has 0 saturated carbocycles. The van der Waals surface area contributed by atoms with Gasteiger partial charge in [-0.05, 0) is 12.1 Å². The predicted octanol–water partition coefficient (Wildman–Crippen LogP) is -0.296. The van der Waals surface area contributed by atoms with E-state index in [0.717, 1.165) is 32.0 Å². The molecule has 0 radical (unpaired) electrons. The maximum Gasteiger partial charge on any atom is 0.324 e. The summed E-state index contributed by atoms with van der Waals surface area (Å²) in [5, 5.41) is 0. The van der Waals surface area contributed by atoms with Gasteiger partial charge in [0.05, 0.1) is 7.11 Å². The molecule has 2 heterocycles. The van der Waals surface area contributed by atoms with E-state index in [0.29, 0.717) is 0 Å². The molecular weight excluding hydrogens is 244 g/mol. The van der Waals surface area contributed by atoms with E-state index in [1.54, 1.807) is 6.20 Å². The lowest BCUT2D eigenvalue weighted by Crippen LogP contribution is -2.55. The van der Waals surface area contributed by atoms with Gasteiger partial charge in [0.2, 0.25) is 0 Å². The molecule has 0 aliphatic carbocycles. The molecule has 2 N–H and O–H groups in total. The third-order valence-electron chi connectivity index (χ3n) is 3.42. The number of hydrogen-bond acceptors (Lipinski definition) is 6. The first-order valence-electron chi connectivity index (χ1n) is 6.44. The van der Waals surface area contributed by atoms with Crippen LogP contribution in [0.3, 0.4) is 0 Å². The summed E-state index contributed by atoms with van der Waals surface area (Å²) in [6.45, 7) is 3.53. The molecule has 6 nitrogen and oxygen atoms in total. The van der Waals surface area contributed by atoms with Crippen molar-refractivity contribution in [2.75, 3.05) is 44.7 Å². The summed E-state index contributed by atoms with van der Waals surface area (Å²) < 4.78 is 4.78. The van der Waals surface area contributed by atoms with E-state index in [9.17, 15) is 4.79 Å². The van der Waals surface area contributed by atoms with Crippen molar-refractivity contribution in [2.45, 2.75) is 6.04 Å². The van der Waals surface area contributed by atoms with Gasteiger partial charge in [-0.2, -0.15) is 0 Å². The van der Waals surface area contributed by atoms with E-state index in [1.165, 1.54) is 7.11 Å². The van der Waals surface area contributed by atoms with Crippen molar-refractivity contribution >= 4 is 11.8 Å². The zero-order chi connectivity index (χ0) is 13.7. The molecule has 1 aliphatic rings. The quantitative estimate of drug-likeness (QED) is 0.753. The molecular formula is C13H20N4O2. The Morgan fingerprint density at radius 3 is 2.68 bits per heavy atom. The van der Waals surface area contributed by atoms with Crippen LogP contribution < -0.4 is 10.6 Å². The number of methoxy groups -OCH3 is 1. The first-order chi connectivity index (χ1) is 9.26. The minimum absolute atomic E-state index is 0.256. The Balaban J connectivity index is 1.93. The van der Waals surface area contributed by atoms with Gasteiger partial charge in [0.25, 0.3) is 0 Å². The molecule has 0 bridgehead atoms. The minimum atomic E-state index is -0.337. The van der Waals surface area contributed by atoms with Gasteiger partial charge >= 0.3 is 5.97 Å². The molecule has 104 valence electrons. The Labute approximate surface area is 113 Å². The van der Waals surface area contributed by atoms with E-state index in [-0.39, 0.29) is 18.6 Å². The Morgan fingerprint density at radius 1 is 1.42 bits per heavy atom. The molecule has 1 atom stereocenters. The summed E-state index contributed by atoms with van der Waals surface area (Å²) in [4.78, 5) is 20.2. The SMILES string of the molecule is COC(=O)C(CN)N1CCN(c2ccccn2)CC1. The molecule has 0 amide bonds. The molecule has 0 spiro atoms. The largest absolute Gasteiger partial charge is 0.468 e. The van der Waals surface area contributed by atoms with Gasteiger partial charge in [0, 0.05) is 38.9 Å². The lowest BCUT2D eigenvalue weighted by Gasteiger charge is -2.38. The summed E-state index contributed by atoms with van der Waals surface area (Å²) in [5.41, 5.74) is 5.66. The number of piperazine rings is 1. The number of rotatable bonds is 4.